The Kier molecular flexibility index (Phi) is 5.28. The molecule has 0 aromatic heterocycles. The first-order valence-corrected chi connectivity index (χ1v) is 10.6. The molecule has 0 saturated heterocycles. The van der Waals surface area contributed by atoms with Crippen LogP contribution >= 0.6 is 0 Å². The van der Waals surface area contributed by atoms with Crippen molar-refractivity contribution < 1.29 is 30.8 Å². The Morgan fingerprint density at radius 1 is 1.21 bits per heavy atom. The summed E-state index contributed by atoms with van der Waals surface area (Å²) in [4.78, 5) is 12.8. The lowest BCUT2D eigenvalue weighted by Crippen LogP contribution is -2.45. The summed E-state index contributed by atoms with van der Waals surface area (Å²) >= 11 is 0. The molecule has 0 atom stereocenters. The maximum atomic E-state index is 13.6. The van der Waals surface area contributed by atoms with Crippen molar-refractivity contribution in [1.29, 1.82) is 5.26 Å². The minimum absolute atomic E-state index is 0.197. The third kappa shape index (κ3) is 4.80. The number of hydrogen-bond acceptors (Lipinski definition) is 4. The van der Waals surface area contributed by atoms with Crippen molar-refractivity contribution in [3.05, 3.63) is 29.6 Å². The Morgan fingerprint density at radius 3 is 2.41 bits per heavy atom. The summed E-state index contributed by atoms with van der Waals surface area (Å²) in [7, 11) is -4.45. The van der Waals surface area contributed by atoms with Crippen molar-refractivity contribution >= 4 is 21.6 Å². The molecule has 6 nitrogen and oxygen atoms in total. The Bertz CT molecular complexity index is 962. The smallest absolute Gasteiger partial charge is 0.346 e. The van der Waals surface area contributed by atoms with E-state index in [2.05, 4.69) is 11.4 Å². The second-order valence-electron chi connectivity index (χ2n) is 7.78. The van der Waals surface area contributed by atoms with Crippen molar-refractivity contribution in [2.45, 2.75) is 50.2 Å². The van der Waals surface area contributed by atoms with Gasteiger partial charge in [-0.25, -0.2) is 12.8 Å². The lowest BCUT2D eigenvalue weighted by molar-refractivity contribution is -0.129. The van der Waals surface area contributed by atoms with Gasteiger partial charge >= 0.3 is 6.18 Å². The highest BCUT2D eigenvalue weighted by molar-refractivity contribution is 7.92. The fraction of sp³-hybridized carbons (Fsp3) is 0.556. The van der Waals surface area contributed by atoms with Crippen LogP contribution in [0.5, 0.6) is 0 Å². The van der Waals surface area contributed by atoms with Gasteiger partial charge in [0.15, 0.2) is 0 Å². The van der Waals surface area contributed by atoms with Gasteiger partial charge in [-0.15, -0.1) is 0 Å². The van der Waals surface area contributed by atoms with Gasteiger partial charge in [0, 0.05) is 5.54 Å². The number of halogens is 4. The molecule has 29 heavy (non-hydrogen) atoms. The second kappa shape index (κ2) is 7.16. The van der Waals surface area contributed by atoms with Gasteiger partial charge in [0.05, 0.1) is 34.9 Å². The van der Waals surface area contributed by atoms with Crippen LogP contribution in [0.3, 0.4) is 0 Å². The second-order valence-corrected chi connectivity index (χ2v) is 9.62. The topological polar surface area (TPSA) is 99.1 Å². The van der Waals surface area contributed by atoms with Crippen molar-refractivity contribution in [3.63, 3.8) is 0 Å². The van der Waals surface area contributed by atoms with Crippen LogP contribution in [0.1, 0.15) is 48.9 Å². The summed E-state index contributed by atoms with van der Waals surface area (Å²) < 4.78 is 76.5. The zero-order valence-corrected chi connectivity index (χ0v) is 16.1. The van der Waals surface area contributed by atoms with Crippen LogP contribution in [0.15, 0.2) is 18.2 Å². The number of benzene rings is 1. The van der Waals surface area contributed by atoms with Crippen molar-refractivity contribution in [2.24, 2.45) is 5.41 Å². The number of amides is 1. The molecule has 2 bridgehead atoms. The molecule has 0 radical (unpaired) electrons. The molecular weight excluding hydrogens is 414 g/mol. The van der Waals surface area contributed by atoms with Crippen LogP contribution in [-0.4, -0.2) is 31.8 Å². The number of rotatable bonds is 6. The molecule has 158 valence electrons. The van der Waals surface area contributed by atoms with E-state index >= 15 is 0 Å². The first-order chi connectivity index (χ1) is 13.4. The minimum atomic E-state index is -4.67. The highest BCUT2D eigenvalue weighted by atomic mass is 32.2. The van der Waals surface area contributed by atoms with Gasteiger partial charge in [-0.05, 0) is 50.3 Å². The number of carbonyl (C=O) groups is 1. The normalized spacial score (nSPS) is 26.2. The number of alkyl halides is 3. The number of nitriles is 1. The van der Waals surface area contributed by atoms with Gasteiger partial charge in [0.2, 0.25) is 10.0 Å². The van der Waals surface area contributed by atoms with Gasteiger partial charge < -0.3 is 5.32 Å². The van der Waals surface area contributed by atoms with Crippen LogP contribution < -0.4 is 10.0 Å². The molecule has 1 amide bonds. The van der Waals surface area contributed by atoms with Gasteiger partial charge in [-0.2, -0.15) is 18.4 Å². The SMILES string of the molecule is N#CC12CCC(NC(=O)c3ccc(F)cc3NS(=O)(=O)CCC(F)(F)F)(CC1)C2. The molecule has 0 spiro atoms. The van der Waals surface area contributed by atoms with Crippen molar-refractivity contribution in [1.82, 2.24) is 5.32 Å². The van der Waals surface area contributed by atoms with Gasteiger partial charge in [0.1, 0.15) is 5.82 Å². The zero-order chi connectivity index (χ0) is 21.5. The molecule has 2 N–H and O–H groups in total. The number of nitrogens with one attached hydrogen (secondary N) is 2. The minimum Gasteiger partial charge on any atom is -0.346 e. The molecular formula is C18H19F4N3O3S. The van der Waals surface area contributed by atoms with Crippen LogP contribution in [0.4, 0.5) is 23.2 Å². The number of nitrogens with zero attached hydrogens (tertiary/aromatic N) is 1. The van der Waals surface area contributed by atoms with Crippen LogP contribution in [0, 0.1) is 22.6 Å². The van der Waals surface area contributed by atoms with E-state index in [9.17, 15) is 36.0 Å². The van der Waals surface area contributed by atoms with E-state index < -0.39 is 56.7 Å². The lowest BCUT2D eigenvalue weighted by Gasteiger charge is -2.28. The van der Waals surface area contributed by atoms with Crippen LogP contribution in [0.25, 0.3) is 0 Å². The molecule has 0 unspecified atom stereocenters. The van der Waals surface area contributed by atoms with E-state index in [4.69, 9.17) is 0 Å². The summed E-state index contributed by atoms with van der Waals surface area (Å²) in [5.74, 6) is -2.77. The molecule has 11 heteroatoms. The largest absolute Gasteiger partial charge is 0.390 e. The molecule has 3 rings (SSSR count). The lowest BCUT2D eigenvalue weighted by atomic mass is 9.85. The highest BCUT2D eigenvalue weighted by Crippen LogP contribution is 2.56. The molecule has 0 heterocycles. The van der Waals surface area contributed by atoms with E-state index in [-0.39, 0.29) is 5.56 Å². The van der Waals surface area contributed by atoms with Gasteiger partial charge in [0.25, 0.3) is 5.91 Å². The van der Waals surface area contributed by atoms with Crippen LogP contribution in [-0.2, 0) is 10.0 Å². The molecule has 2 aliphatic carbocycles. The number of anilines is 1. The van der Waals surface area contributed by atoms with Gasteiger partial charge in [-0.1, -0.05) is 0 Å². The molecule has 2 aliphatic rings. The molecule has 2 fully saturated rings. The van der Waals surface area contributed by atoms with E-state index in [1.54, 1.807) is 0 Å². The van der Waals surface area contributed by atoms with E-state index in [1.165, 1.54) is 0 Å². The van der Waals surface area contributed by atoms with Crippen LogP contribution in [0.2, 0.25) is 0 Å². The Morgan fingerprint density at radius 2 is 1.86 bits per heavy atom. The maximum absolute atomic E-state index is 13.6. The predicted molar refractivity (Wildman–Crippen MR) is 95.8 cm³/mol. The molecule has 2 saturated carbocycles. The summed E-state index contributed by atoms with van der Waals surface area (Å²) in [5.41, 5.74) is -1.69. The summed E-state index contributed by atoms with van der Waals surface area (Å²) in [6.07, 6.45) is -3.28. The fourth-order valence-corrected chi connectivity index (χ4v) is 5.21. The van der Waals surface area contributed by atoms with E-state index in [0.29, 0.717) is 32.1 Å². The molecule has 0 aliphatic heterocycles. The maximum Gasteiger partial charge on any atom is 0.390 e. The fourth-order valence-electron chi connectivity index (χ4n) is 4.10. The van der Waals surface area contributed by atoms with Crippen molar-refractivity contribution in [3.8, 4) is 6.07 Å². The first kappa shape index (κ1) is 21.4. The Balaban J connectivity index is 1.79. The first-order valence-electron chi connectivity index (χ1n) is 8.97. The summed E-state index contributed by atoms with van der Waals surface area (Å²) in [6, 6.07) is 5.08. The quantitative estimate of drug-likeness (QED) is 0.671. The number of hydrogen-bond donors (Lipinski definition) is 2. The van der Waals surface area contributed by atoms with E-state index in [1.807, 2.05) is 4.72 Å². The number of fused-ring (bicyclic) bond motifs is 2. The number of carbonyl (C=O) groups excluding carboxylic acids is 1. The predicted octanol–water partition coefficient (Wildman–Crippen LogP) is 3.48. The van der Waals surface area contributed by atoms with Gasteiger partial charge in [-0.3, -0.25) is 9.52 Å². The zero-order valence-electron chi connectivity index (χ0n) is 15.3. The standard InChI is InChI=1S/C18H19F4N3O3S/c19-12-1-2-13(14(9-12)25-29(27,28)8-7-18(20,21)22)15(26)24-17-5-3-16(10-17,11-23)4-6-17/h1-2,9,25H,3-8,10H2,(H,24,26). The monoisotopic (exact) mass is 433 g/mol. The third-order valence-corrected chi connectivity index (χ3v) is 6.88. The molecule has 1 aromatic rings. The Hall–Kier alpha value is -2.35. The average molecular weight is 433 g/mol. The number of sulfonamides is 1. The summed E-state index contributed by atoms with van der Waals surface area (Å²) in [5, 5.41) is 12.2. The third-order valence-electron chi connectivity index (χ3n) is 5.60. The van der Waals surface area contributed by atoms with Crippen molar-refractivity contribution in [2.75, 3.05) is 10.5 Å². The average Bonchev–Trinajstić information content (AvgIpc) is 3.15. The highest BCUT2D eigenvalue weighted by Gasteiger charge is 2.55. The summed E-state index contributed by atoms with van der Waals surface area (Å²) in [6.45, 7) is 0. The van der Waals surface area contributed by atoms with E-state index in [0.717, 1.165) is 18.2 Å². The Labute approximate surface area is 165 Å². The molecule has 1 aromatic carbocycles.